The number of nitrogens with zero attached hydrogens (tertiary/aromatic N) is 1. The lowest BCUT2D eigenvalue weighted by molar-refractivity contribution is 0.110. The smallest absolute Gasteiger partial charge is 0.0615 e. The lowest BCUT2D eigenvalue weighted by Gasteiger charge is -2.29. The third-order valence-corrected chi connectivity index (χ3v) is 3.79. The van der Waals surface area contributed by atoms with Gasteiger partial charge >= 0.3 is 0 Å². The Morgan fingerprint density at radius 1 is 1.32 bits per heavy atom. The molecule has 0 fully saturated rings. The van der Waals surface area contributed by atoms with Gasteiger partial charge in [-0.05, 0) is 46.0 Å². The van der Waals surface area contributed by atoms with Crippen LogP contribution in [0.15, 0.2) is 18.2 Å². The molecule has 0 aliphatic carbocycles. The van der Waals surface area contributed by atoms with Crippen molar-refractivity contribution in [3.8, 4) is 0 Å². The molecule has 1 aromatic rings. The van der Waals surface area contributed by atoms with Gasteiger partial charge in [-0.25, -0.2) is 0 Å². The maximum absolute atomic E-state index is 5.23. The van der Waals surface area contributed by atoms with Crippen molar-refractivity contribution in [2.75, 3.05) is 34.4 Å². The van der Waals surface area contributed by atoms with E-state index in [1.54, 1.807) is 7.11 Å². The normalized spacial score (nSPS) is 14.7. The molecular formula is C16H28N2O. The fourth-order valence-electron chi connectivity index (χ4n) is 2.32. The minimum atomic E-state index is 0.351. The van der Waals surface area contributed by atoms with E-state index in [1.807, 2.05) is 7.05 Å². The molecule has 3 heteroatoms. The molecule has 1 aromatic carbocycles. The molecule has 3 nitrogen and oxygen atoms in total. The maximum Gasteiger partial charge on any atom is 0.0615 e. The molecule has 0 saturated heterocycles. The topological polar surface area (TPSA) is 24.5 Å². The molecular weight excluding hydrogens is 236 g/mol. The SMILES string of the molecule is CNC(CN(C)C(C)COC)c1cc(C)ccc1C. The molecule has 1 N–H and O–H groups in total. The van der Waals surface area contributed by atoms with Crippen molar-refractivity contribution in [3.63, 3.8) is 0 Å². The molecule has 0 heterocycles. The predicted octanol–water partition coefficient (Wildman–Crippen LogP) is 2.53. The van der Waals surface area contributed by atoms with Crippen LogP contribution in [0.3, 0.4) is 0 Å². The Bertz CT molecular complexity index is 392. The van der Waals surface area contributed by atoms with Crippen LogP contribution in [0.2, 0.25) is 0 Å². The summed E-state index contributed by atoms with van der Waals surface area (Å²) < 4.78 is 5.23. The predicted molar refractivity (Wildman–Crippen MR) is 81.7 cm³/mol. The third kappa shape index (κ3) is 4.60. The van der Waals surface area contributed by atoms with Gasteiger partial charge in [-0.15, -0.1) is 0 Å². The molecule has 19 heavy (non-hydrogen) atoms. The van der Waals surface area contributed by atoms with Gasteiger partial charge in [-0.3, -0.25) is 4.90 Å². The first-order valence-electron chi connectivity index (χ1n) is 6.93. The van der Waals surface area contributed by atoms with Gasteiger partial charge in [0.1, 0.15) is 0 Å². The highest BCUT2D eigenvalue weighted by Crippen LogP contribution is 2.20. The molecule has 1 rings (SSSR count). The summed E-state index contributed by atoms with van der Waals surface area (Å²) >= 11 is 0. The third-order valence-electron chi connectivity index (χ3n) is 3.79. The number of hydrogen-bond acceptors (Lipinski definition) is 3. The number of methoxy groups -OCH3 is 1. The molecule has 0 bridgehead atoms. The molecule has 0 saturated carbocycles. The summed E-state index contributed by atoms with van der Waals surface area (Å²) in [5.41, 5.74) is 4.05. The summed E-state index contributed by atoms with van der Waals surface area (Å²) in [5, 5.41) is 3.43. The number of likely N-dealkylation sites (N-methyl/N-ethyl adjacent to an activating group) is 2. The number of ether oxygens (including phenoxy) is 1. The van der Waals surface area contributed by atoms with Crippen molar-refractivity contribution in [1.82, 2.24) is 10.2 Å². The zero-order valence-electron chi connectivity index (χ0n) is 13.2. The van der Waals surface area contributed by atoms with Crippen LogP contribution in [0, 0.1) is 13.8 Å². The Hall–Kier alpha value is -0.900. The van der Waals surface area contributed by atoms with E-state index in [4.69, 9.17) is 4.74 Å². The lowest BCUT2D eigenvalue weighted by Crippen LogP contribution is -2.39. The number of rotatable bonds is 7. The first-order valence-corrected chi connectivity index (χ1v) is 6.93. The van der Waals surface area contributed by atoms with E-state index >= 15 is 0 Å². The summed E-state index contributed by atoms with van der Waals surface area (Å²) in [6, 6.07) is 7.43. The Morgan fingerprint density at radius 2 is 2.00 bits per heavy atom. The van der Waals surface area contributed by atoms with E-state index in [9.17, 15) is 0 Å². The van der Waals surface area contributed by atoms with Crippen LogP contribution in [0.25, 0.3) is 0 Å². The van der Waals surface area contributed by atoms with Gasteiger partial charge in [0.2, 0.25) is 0 Å². The fraction of sp³-hybridized carbons (Fsp3) is 0.625. The summed E-state index contributed by atoms with van der Waals surface area (Å²) in [5.74, 6) is 0. The second-order valence-corrected chi connectivity index (χ2v) is 5.45. The number of hydrogen-bond donors (Lipinski definition) is 1. The van der Waals surface area contributed by atoms with Crippen molar-refractivity contribution in [3.05, 3.63) is 34.9 Å². The van der Waals surface area contributed by atoms with E-state index in [1.165, 1.54) is 16.7 Å². The first kappa shape index (κ1) is 16.2. The maximum atomic E-state index is 5.23. The minimum Gasteiger partial charge on any atom is -0.383 e. The van der Waals surface area contributed by atoms with Crippen LogP contribution in [-0.2, 0) is 4.74 Å². The molecule has 0 aliphatic rings. The van der Waals surface area contributed by atoms with E-state index in [0.29, 0.717) is 12.1 Å². The molecule has 0 amide bonds. The van der Waals surface area contributed by atoms with Crippen molar-refractivity contribution in [2.45, 2.75) is 32.9 Å². The number of aryl methyl sites for hydroxylation is 2. The Morgan fingerprint density at radius 3 is 2.58 bits per heavy atom. The van der Waals surface area contributed by atoms with Gasteiger partial charge in [0.25, 0.3) is 0 Å². The van der Waals surface area contributed by atoms with Crippen molar-refractivity contribution >= 4 is 0 Å². The molecule has 0 spiro atoms. The summed E-state index contributed by atoms with van der Waals surface area (Å²) in [6.07, 6.45) is 0. The molecule has 108 valence electrons. The van der Waals surface area contributed by atoms with Crippen molar-refractivity contribution in [2.24, 2.45) is 0 Å². The average Bonchev–Trinajstić information content (AvgIpc) is 2.39. The second kappa shape index (κ2) is 7.63. The van der Waals surface area contributed by atoms with Crippen LogP contribution in [-0.4, -0.2) is 45.3 Å². The quantitative estimate of drug-likeness (QED) is 0.819. The zero-order chi connectivity index (χ0) is 14.4. The van der Waals surface area contributed by atoms with Gasteiger partial charge in [0, 0.05) is 25.7 Å². The van der Waals surface area contributed by atoms with Crippen LogP contribution < -0.4 is 5.32 Å². The van der Waals surface area contributed by atoms with Crippen LogP contribution >= 0.6 is 0 Å². The second-order valence-electron chi connectivity index (χ2n) is 5.45. The van der Waals surface area contributed by atoms with Gasteiger partial charge in [-0.2, -0.15) is 0 Å². The summed E-state index contributed by atoms with van der Waals surface area (Å²) in [4.78, 5) is 2.34. The first-order chi connectivity index (χ1) is 8.99. The highest BCUT2D eigenvalue weighted by Gasteiger charge is 2.17. The lowest BCUT2D eigenvalue weighted by atomic mass is 9.98. The van der Waals surface area contributed by atoms with Crippen molar-refractivity contribution < 1.29 is 4.74 Å². The van der Waals surface area contributed by atoms with Gasteiger partial charge in [-0.1, -0.05) is 23.8 Å². The zero-order valence-corrected chi connectivity index (χ0v) is 13.2. The van der Waals surface area contributed by atoms with Gasteiger partial charge < -0.3 is 10.1 Å². The van der Waals surface area contributed by atoms with E-state index in [2.05, 4.69) is 56.2 Å². The van der Waals surface area contributed by atoms with E-state index in [-0.39, 0.29) is 0 Å². The van der Waals surface area contributed by atoms with E-state index in [0.717, 1.165) is 13.2 Å². The summed E-state index contributed by atoms with van der Waals surface area (Å²) in [6.45, 7) is 8.26. The minimum absolute atomic E-state index is 0.351. The highest BCUT2D eigenvalue weighted by molar-refractivity contribution is 5.33. The van der Waals surface area contributed by atoms with Gasteiger partial charge in [0.05, 0.1) is 6.61 Å². The molecule has 0 aliphatic heterocycles. The molecule has 2 unspecified atom stereocenters. The fourth-order valence-corrected chi connectivity index (χ4v) is 2.32. The Kier molecular flexibility index (Phi) is 6.49. The largest absolute Gasteiger partial charge is 0.383 e. The Balaban J connectivity index is 2.80. The number of nitrogens with one attached hydrogen (secondary N) is 1. The number of benzene rings is 1. The highest BCUT2D eigenvalue weighted by atomic mass is 16.5. The van der Waals surface area contributed by atoms with E-state index < -0.39 is 0 Å². The Labute approximate surface area is 118 Å². The molecule has 2 atom stereocenters. The van der Waals surface area contributed by atoms with Crippen LogP contribution in [0.5, 0.6) is 0 Å². The van der Waals surface area contributed by atoms with Gasteiger partial charge in [0.15, 0.2) is 0 Å². The molecule has 0 aromatic heterocycles. The van der Waals surface area contributed by atoms with Crippen LogP contribution in [0.4, 0.5) is 0 Å². The van der Waals surface area contributed by atoms with Crippen molar-refractivity contribution in [1.29, 1.82) is 0 Å². The average molecular weight is 264 g/mol. The standard InChI is InChI=1S/C16H28N2O/c1-12-7-8-13(2)15(9-12)16(17-4)10-18(5)14(3)11-19-6/h7-9,14,16-17H,10-11H2,1-6H3. The molecule has 0 radical (unpaired) electrons. The van der Waals surface area contributed by atoms with Crippen LogP contribution in [0.1, 0.15) is 29.7 Å². The summed E-state index contributed by atoms with van der Waals surface area (Å²) in [7, 11) is 5.94. The monoisotopic (exact) mass is 264 g/mol.